The van der Waals surface area contributed by atoms with E-state index < -0.39 is 0 Å². The molecule has 0 spiro atoms. The molecular formula is C16H23ClN2OS. The fourth-order valence-electron chi connectivity index (χ4n) is 2.97. The predicted molar refractivity (Wildman–Crippen MR) is 90.5 cm³/mol. The van der Waals surface area contributed by atoms with E-state index in [-0.39, 0.29) is 18.3 Å². The van der Waals surface area contributed by atoms with E-state index in [1.54, 1.807) is 11.8 Å². The predicted octanol–water partition coefficient (Wildman–Crippen LogP) is 2.51. The third-order valence-electron chi connectivity index (χ3n) is 4.13. The number of rotatable bonds is 3. The maximum absolute atomic E-state index is 12.2. The summed E-state index contributed by atoms with van der Waals surface area (Å²) < 4.78 is 0. The molecule has 1 aromatic carbocycles. The summed E-state index contributed by atoms with van der Waals surface area (Å²) in [7, 11) is 0. The molecule has 1 heterocycles. The van der Waals surface area contributed by atoms with E-state index in [2.05, 4.69) is 23.5 Å². The molecule has 1 fully saturated rings. The van der Waals surface area contributed by atoms with Gasteiger partial charge in [0.25, 0.3) is 0 Å². The Morgan fingerprint density at radius 2 is 2.00 bits per heavy atom. The highest BCUT2D eigenvalue weighted by molar-refractivity contribution is 8.00. The number of carbonyl (C=O) groups excluding carboxylic acids is 1. The van der Waals surface area contributed by atoms with Crippen molar-refractivity contribution in [3.8, 4) is 0 Å². The van der Waals surface area contributed by atoms with Crippen LogP contribution in [0.25, 0.3) is 0 Å². The van der Waals surface area contributed by atoms with Gasteiger partial charge < -0.3 is 10.2 Å². The van der Waals surface area contributed by atoms with Crippen LogP contribution in [0.15, 0.2) is 23.1 Å². The molecule has 3 nitrogen and oxygen atoms in total. The highest BCUT2D eigenvalue weighted by Crippen LogP contribution is 2.27. The van der Waals surface area contributed by atoms with Gasteiger partial charge in [0.05, 0.1) is 5.75 Å². The Labute approximate surface area is 137 Å². The molecule has 1 aliphatic carbocycles. The maximum Gasteiger partial charge on any atom is 0.232 e. The SMILES string of the molecule is Cl.O=C(CSc1ccc2c(c1)CCC2)N1CCCNCC1. The van der Waals surface area contributed by atoms with Gasteiger partial charge in [0, 0.05) is 24.5 Å². The van der Waals surface area contributed by atoms with Crippen molar-refractivity contribution in [1.82, 2.24) is 10.2 Å². The number of amides is 1. The van der Waals surface area contributed by atoms with E-state index in [0.29, 0.717) is 5.75 Å². The molecule has 0 aromatic heterocycles. The molecular weight excluding hydrogens is 304 g/mol. The minimum atomic E-state index is 0. The normalized spacial score (nSPS) is 17.8. The highest BCUT2D eigenvalue weighted by atomic mass is 35.5. The summed E-state index contributed by atoms with van der Waals surface area (Å²) >= 11 is 1.68. The number of aryl methyl sites for hydroxylation is 2. The van der Waals surface area contributed by atoms with E-state index in [1.807, 2.05) is 4.90 Å². The van der Waals surface area contributed by atoms with Gasteiger partial charge in [-0.15, -0.1) is 24.2 Å². The van der Waals surface area contributed by atoms with Gasteiger partial charge in [0.2, 0.25) is 5.91 Å². The average Bonchev–Trinajstić information content (AvgIpc) is 2.76. The van der Waals surface area contributed by atoms with E-state index >= 15 is 0 Å². The number of carbonyl (C=O) groups is 1. The lowest BCUT2D eigenvalue weighted by Gasteiger charge is -2.19. The number of halogens is 1. The minimum Gasteiger partial charge on any atom is -0.341 e. The monoisotopic (exact) mass is 326 g/mol. The van der Waals surface area contributed by atoms with Crippen LogP contribution in [-0.2, 0) is 17.6 Å². The lowest BCUT2D eigenvalue weighted by Crippen LogP contribution is -2.35. The first-order chi connectivity index (χ1) is 9.83. The van der Waals surface area contributed by atoms with Crippen LogP contribution in [0.3, 0.4) is 0 Å². The lowest BCUT2D eigenvalue weighted by atomic mass is 10.1. The van der Waals surface area contributed by atoms with Crippen LogP contribution < -0.4 is 5.32 Å². The van der Waals surface area contributed by atoms with Crippen LogP contribution in [-0.4, -0.2) is 42.7 Å². The summed E-state index contributed by atoms with van der Waals surface area (Å²) in [6.45, 7) is 3.71. The molecule has 1 saturated heterocycles. The zero-order valence-electron chi connectivity index (χ0n) is 12.3. The molecule has 5 heteroatoms. The summed E-state index contributed by atoms with van der Waals surface area (Å²) in [6.07, 6.45) is 4.77. The Balaban J connectivity index is 0.00000161. The molecule has 0 saturated carbocycles. The molecule has 116 valence electrons. The van der Waals surface area contributed by atoms with Crippen LogP contribution >= 0.6 is 24.2 Å². The fraction of sp³-hybridized carbons (Fsp3) is 0.562. The smallest absolute Gasteiger partial charge is 0.232 e. The van der Waals surface area contributed by atoms with Gasteiger partial charge in [-0.1, -0.05) is 6.07 Å². The molecule has 0 radical (unpaired) electrons. The van der Waals surface area contributed by atoms with Crippen molar-refractivity contribution in [1.29, 1.82) is 0 Å². The van der Waals surface area contributed by atoms with Crippen LogP contribution in [0.1, 0.15) is 24.0 Å². The largest absolute Gasteiger partial charge is 0.341 e. The average molecular weight is 327 g/mol. The Morgan fingerprint density at radius 3 is 2.90 bits per heavy atom. The number of benzene rings is 1. The topological polar surface area (TPSA) is 32.3 Å². The van der Waals surface area contributed by atoms with Crippen LogP contribution in [0.4, 0.5) is 0 Å². The molecule has 0 atom stereocenters. The first-order valence-corrected chi connectivity index (χ1v) is 8.54. The highest BCUT2D eigenvalue weighted by Gasteiger charge is 2.16. The van der Waals surface area contributed by atoms with Crippen molar-refractivity contribution in [2.45, 2.75) is 30.6 Å². The van der Waals surface area contributed by atoms with E-state index in [1.165, 1.54) is 35.3 Å². The van der Waals surface area contributed by atoms with Gasteiger partial charge in [0.1, 0.15) is 0 Å². The Bertz CT molecular complexity index is 487. The van der Waals surface area contributed by atoms with E-state index in [9.17, 15) is 4.79 Å². The maximum atomic E-state index is 12.2. The zero-order chi connectivity index (χ0) is 13.8. The third-order valence-corrected chi connectivity index (χ3v) is 5.10. The molecule has 1 aromatic rings. The number of fused-ring (bicyclic) bond motifs is 1. The number of hydrogen-bond acceptors (Lipinski definition) is 3. The lowest BCUT2D eigenvalue weighted by molar-refractivity contribution is -0.128. The van der Waals surface area contributed by atoms with Gasteiger partial charge in [-0.05, 0) is 55.5 Å². The van der Waals surface area contributed by atoms with Crippen molar-refractivity contribution in [2.75, 3.05) is 31.9 Å². The van der Waals surface area contributed by atoms with Crippen molar-refractivity contribution < 1.29 is 4.79 Å². The van der Waals surface area contributed by atoms with Gasteiger partial charge in [-0.2, -0.15) is 0 Å². The Morgan fingerprint density at radius 1 is 1.14 bits per heavy atom. The summed E-state index contributed by atoms with van der Waals surface area (Å²) in [6, 6.07) is 6.70. The summed E-state index contributed by atoms with van der Waals surface area (Å²) in [5.74, 6) is 0.845. The summed E-state index contributed by atoms with van der Waals surface area (Å²) in [5.41, 5.74) is 2.99. The van der Waals surface area contributed by atoms with Crippen LogP contribution in [0.2, 0.25) is 0 Å². The van der Waals surface area contributed by atoms with Crippen molar-refractivity contribution in [2.24, 2.45) is 0 Å². The van der Waals surface area contributed by atoms with Gasteiger partial charge in [-0.25, -0.2) is 0 Å². The number of nitrogens with zero attached hydrogens (tertiary/aromatic N) is 1. The molecule has 0 bridgehead atoms. The molecule has 2 aliphatic rings. The number of hydrogen-bond donors (Lipinski definition) is 1. The molecule has 1 N–H and O–H groups in total. The molecule has 3 rings (SSSR count). The Kier molecular flexibility index (Phi) is 6.40. The third kappa shape index (κ3) is 4.38. The van der Waals surface area contributed by atoms with Crippen LogP contribution in [0, 0.1) is 0 Å². The minimum absolute atomic E-state index is 0. The van der Waals surface area contributed by atoms with E-state index in [4.69, 9.17) is 0 Å². The Hall–Kier alpha value is -0.710. The second kappa shape index (κ2) is 8.06. The van der Waals surface area contributed by atoms with E-state index in [0.717, 1.165) is 32.6 Å². The van der Waals surface area contributed by atoms with Crippen molar-refractivity contribution in [3.63, 3.8) is 0 Å². The fourth-order valence-corrected chi connectivity index (χ4v) is 3.83. The molecule has 1 aliphatic heterocycles. The first-order valence-electron chi connectivity index (χ1n) is 7.56. The van der Waals surface area contributed by atoms with Gasteiger partial charge in [-0.3, -0.25) is 4.79 Å². The standard InChI is InChI=1S/C16H22N2OS.ClH/c19-16(18-9-2-7-17-8-10-18)12-20-15-6-5-13-3-1-4-14(13)11-15;/h5-6,11,17H,1-4,7-10,12H2;1H. The first kappa shape index (κ1) is 16.7. The molecule has 0 unspecified atom stereocenters. The number of nitrogens with one attached hydrogen (secondary N) is 1. The van der Waals surface area contributed by atoms with Gasteiger partial charge >= 0.3 is 0 Å². The summed E-state index contributed by atoms with van der Waals surface area (Å²) in [4.78, 5) is 15.5. The van der Waals surface area contributed by atoms with Crippen molar-refractivity contribution >= 4 is 30.1 Å². The second-order valence-electron chi connectivity index (χ2n) is 5.56. The van der Waals surface area contributed by atoms with Crippen LogP contribution in [0.5, 0.6) is 0 Å². The summed E-state index contributed by atoms with van der Waals surface area (Å²) in [5, 5.41) is 3.33. The van der Waals surface area contributed by atoms with Crippen molar-refractivity contribution in [3.05, 3.63) is 29.3 Å². The van der Waals surface area contributed by atoms with Gasteiger partial charge in [0.15, 0.2) is 0 Å². The molecule has 21 heavy (non-hydrogen) atoms. The number of thioether (sulfide) groups is 1. The second-order valence-corrected chi connectivity index (χ2v) is 6.61. The zero-order valence-corrected chi connectivity index (χ0v) is 13.9. The molecule has 1 amide bonds. The quantitative estimate of drug-likeness (QED) is 0.866.